The quantitative estimate of drug-likeness (QED) is 0.862. The first kappa shape index (κ1) is 15.5. The largest absolute Gasteiger partial charge is 0.399 e. The zero-order valence-electron chi connectivity index (χ0n) is 12.0. The fourth-order valence-electron chi connectivity index (χ4n) is 1.94. The van der Waals surface area contributed by atoms with Gasteiger partial charge in [0.1, 0.15) is 11.6 Å². The molecule has 2 rings (SSSR count). The van der Waals surface area contributed by atoms with E-state index < -0.39 is 15.8 Å². The van der Waals surface area contributed by atoms with Crippen LogP contribution in [0.3, 0.4) is 0 Å². The fourth-order valence-corrected chi connectivity index (χ4v) is 3.33. The average Bonchev–Trinajstić information content (AvgIpc) is 2.79. The highest BCUT2D eigenvalue weighted by molar-refractivity contribution is 7.89. The lowest BCUT2D eigenvalue weighted by atomic mass is 10.2. The lowest BCUT2D eigenvalue weighted by Crippen LogP contribution is -2.28. The molecule has 0 unspecified atom stereocenters. The number of nitrogens with zero attached hydrogens (tertiary/aromatic N) is 3. The minimum absolute atomic E-state index is 0.0518. The maximum Gasteiger partial charge on any atom is 0.243 e. The summed E-state index contributed by atoms with van der Waals surface area (Å²) in [5.41, 5.74) is 5.67. The molecule has 6 nitrogen and oxygen atoms in total. The molecule has 0 aliphatic rings. The van der Waals surface area contributed by atoms with Gasteiger partial charge >= 0.3 is 0 Å². The van der Waals surface area contributed by atoms with Gasteiger partial charge in [-0.25, -0.2) is 17.8 Å². The van der Waals surface area contributed by atoms with E-state index >= 15 is 0 Å². The zero-order chi connectivity index (χ0) is 15.8. The fraction of sp³-hybridized carbons (Fsp3) is 0.308. The van der Waals surface area contributed by atoms with Crippen molar-refractivity contribution in [2.75, 3.05) is 12.8 Å². The summed E-state index contributed by atoms with van der Waals surface area (Å²) in [4.78, 5) is 3.95. The predicted molar refractivity (Wildman–Crippen MR) is 77.4 cm³/mol. The van der Waals surface area contributed by atoms with Crippen LogP contribution in [0.25, 0.3) is 0 Å². The summed E-state index contributed by atoms with van der Waals surface area (Å²) in [6.45, 7) is 1.50. The lowest BCUT2D eigenvalue weighted by molar-refractivity contribution is 0.450. The Bertz CT molecular complexity index is 770. The highest BCUT2D eigenvalue weighted by atomic mass is 32.2. The average molecular weight is 312 g/mol. The van der Waals surface area contributed by atoms with E-state index in [1.54, 1.807) is 24.0 Å². The monoisotopic (exact) mass is 312 g/mol. The van der Waals surface area contributed by atoms with E-state index in [1.165, 1.54) is 20.0 Å². The van der Waals surface area contributed by atoms with Gasteiger partial charge in [0, 0.05) is 37.7 Å². The molecular formula is C13H17FN4O2S. The molecule has 2 N–H and O–H groups in total. The number of sulfonamides is 1. The lowest BCUT2D eigenvalue weighted by Gasteiger charge is -2.19. The number of hydrogen-bond donors (Lipinski definition) is 1. The first-order valence-corrected chi connectivity index (χ1v) is 7.65. The third kappa shape index (κ3) is 2.91. The van der Waals surface area contributed by atoms with Crippen molar-refractivity contribution >= 4 is 15.7 Å². The number of hydrogen-bond acceptors (Lipinski definition) is 4. The van der Waals surface area contributed by atoms with Crippen LogP contribution in [0.1, 0.15) is 11.4 Å². The summed E-state index contributed by atoms with van der Waals surface area (Å²) in [6.07, 6.45) is 3.31. The number of aromatic nitrogens is 2. The summed E-state index contributed by atoms with van der Waals surface area (Å²) in [5.74, 6) is -0.0536. The van der Waals surface area contributed by atoms with Crippen LogP contribution in [0.15, 0.2) is 29.4 Å². The van der Waals surface area contributed by atoms with E-state index in [-0.39, 0.29) is 22.7 Å². The number of nitrogen functional groups attached to an aromatic ring is 1. The summed E-state index contributed by atoms with van der Waals surface area (Å²) >= 11 is 0. The number of benzene rings is 1. The number of halogens is 1. The number of aryl methyl sites for hydroxylation is 1. The van der Waals surface area contributed by atoms with Gasteiger partial charge in [-0.2, -0.15) is 4.31 Å². The Labute approximate surface area is 123 Å². The van der Waals surface area contributed by atoms with Crippen molar-refractivity contribution < 1.29 is 12.8 Å². The van der Waals surface area contributed by atoms with Gasteiger partial charge in [-0.3, -0.25) is 0 Å². The van der Waals surface area contributed by atoms with Gasteiger partial charge in [0.2, 0.25) is 10.0 Å². The van der Waals surface area contributed by atoms with Crippen molar-refractivity contribution in [1.29, 1.82) is 0 Å². The smallest absolute Gasteiger partial charge is 0.243 e. The van der Waals surface area contributed by atoms with Gasteiger partial charge in [-0.05, 0) is 19.1 Å². The molecule has 0 saturated carbocycles. The normalized spacial score (nSPS) is 12.0. The standard InChI is InChI=1S/C13H17FN4O2S/c1-9-11(14)6-10(15)7-12(9)21(19,20)18(3)8-13-16-4-5-17(13)2/h4-7H,8,15H2,1-3H3. The number of anilines is 1. The molecule has 0 radical (unpaired) electrons. The molecule has 0 aliphatic carbocycles. The molecule has 0 amide bonds. The first-order valence-electron chi connectivity index (χ1n) is 6.21. The van der Waals surface area contributed by atoms with Crippen molar-refractivity contribution in [1.82, 2.24) is 13.9 Å². The Morgan fingerprint density at radius 3 is 2.67 bits per heavy atom. The van der Waals surface area contributed by atoms with Crippen LogP contribution < -0.4 is 5.73 Å². The highest BCUT2D eigenvalue weighted by Gasteiger charge is 2.25. The van der Waals surface area contributed by atoms with Crippen molar-refractivity contribution in [3.63, 3.8) is 0 Å². The third-order valence-corrected chi connectivity index (χ3v) is 5.22. The Balaban J connectivity index is 2.40. The molecule has 8 heteroatoms. The number of imidazole rings is 1. The second-order valence-electron chi connectivity index (χ2n) is 4.84. The van der Waals surface area contributed by atoms with Crippen molar-refractivity contribution in [3.8, 4) is 0 Å². The van der Waals surface area contributed by atoms with E-state index in [0.717, 1.165) is 10.4 Å². The van der Waals surface area contributed by atoms with Gasteiger partial charge in [0.05, 0.1) is 11.4 Å². The van der Waals surface area contributed by atoms with E-state index in [1.807, 2.05) is 0 Å². The molecule has 1 aromatic carbocycles. The Hall–Kier alpha value is -1.93. The third-order valence-electron chi connectivity index (χ3n) is 3.29. The van der Waals surface area contributed by atoms with Crippen molar-refractivity contribution in [3.05, 3.63) is 41.7 Å². The summed E-state index contributed by atoms with van der Waals surface area (Å²) in [6, 6.07) is 2.37. The van der Waals surface area contributed by atoms with Crippen molar-refractivity contribution in [2.24, 2.45) is 7.05 Å². The molecule has 0 bridgehead atoms. The highest BCUT2D eigenvalue weighted by Crippen LogP contribution is 2.25. The molecule has 0 aliphatic heterocycles. The van der Waals surface area contributed by atoms with Gasteiger partial charge < -0.3 is 10.3 Å². The van der Waals surface area contributed by atoms with Crippen LogP contribution in [0.5, 0.6) is 0 Å². The Morgan fingerprint density at radius 1 is 1.43 bits per heavy atom. The van der Waals surface area contributed by atoms with Gasteiger partial charge in [-0.1, -0.05) is 0 Å². The molecule has 0 saturated heterocycles. The van der Waals surface area contributed by atoms with Gasteiger partial charge in [0.25, 0.3) is 0 Å². The predicted octanol–water partition coefficient (Wildman–Crippen LogP) is 1.27. The van der Waals surface area contributed by atoms with Crippen LogP contribution in [0.4, 0.5) is 10.1 Å². The molecule has 0 atom stereocenters. The molecule has 0 spiro atoms. The minimum atomic E-state index is -3.85. The van der Waals surface area contributed by atoms with Crippen LogP contribution in [0, 0.1) is 12.7 Å². The minimum Gasteiger partial charge on any atom is -0.399 e. The molecule has 2 aromatic rings. The van der Waals surface area contributed by atoms with Gasteiger partial charge in [-0.15, -0.1) is 0 Å². The zero-order valence-corrected chi connectivity index (χ0v) is 12.9. The summed E-state index contributed by atoms with van der Waals surface area (Å²) in [5, 5.41) is 0. The topological polar surface area (TPSA) is 81.2 Å². The maximum atomic E-state index is 13.7. The van der Waals surface area contributed by atoms with Crippen LogP contribution in [-0.2, 0) is 23.6 Å². The van der Waals surface area contributed by atoms with Crippen LogP contribution in [-0.4, -0.2) is 29.3 Å². The number of rotatable bonds is 4. The van der Waals surface area contributed by atoms with E-state index in [4.69, 9.17) is 5.73 Å². The number of nitrogens with two attached hydrogens (primary N) is 1. The van der Waals surface area contributed by atoms with E-state index in [0.29, 0.717) is 5.82 Å². The van der Waals surface area contributed by atoms with E-state index in [9.17, 15) is 12.8 Å². The molecular weight excluding hydrogens is 295 g/mol. The van der Waals surface area contributed by atoms with Crippen molar-refractivity contribution in [2.45, 2.75) is 18.4 Å². The maximum absolute atomic E-state index is 13.7. The van der Waals surface area contributed by atoms with Crippen LogP contribution >= 0.6 is 0 Å². The summed E-state index contributed by atoms with van der Waals surface area (Å²) in [7, 11) is -0.654. The SMILES string of the molecule is Cc1c(F)cc(N)cc1S(=O)(=O)N(C)Cc1nccn1C. The molecule has 1 aromatic heterocycles. The second-order valence-corrected chi connectivity index (χ2v) is 6.85. The molecule has 21 heavy (non-hydrogen) atoms. The van der Waals surface area contributed by atoms with Gasteiger partial charge in [0.15, 0.2) is 0 Å². The molecule has 0 fully saturated rings. The molecule has 1 heterocycles. The Kier molecular flexibility index (Phi) is 4.02. The summed E-state index contributed by atoms with van der Waals surface area (Å²) < 4.78 is 41.7. The molecule has 114 valence electrons. The van der Waals surface area contributed by atoms with E-state index in [2.05, 4.69) is 4.98 Å². The first-order chi connectivity index (χ1) is 9.73. The van der Waals surface area contributed by atoms with Crippen LogP contribution in [0.2, 0.25) is 0 Å². The second kappa shape index (κ2) is 5.45. The Morgan fingerprint density at radius 2 is 2.10 bits per heavy atom.